The molecule has 2 aromatic heterocycles. The van der Waals surface area contributed by atoms with Crippen molar-refractivity contribution < 1.29 is 9.13 Å². The van der Waals surface area contributed by atoms with Gasteiger partial charge in [0.15, 0.2) is 11.6 Å². The molecule has 130 valence electrons. The number of anilines is 2. The number of pyridine rings is 1. The van der Waals surface area contributed by atoms with E-state index in [1.165, 1.54) is 23.7 Å². The summed E-state index contributed by atoms with van der Waals surface area (Å²) in [6.45, 7) is 4.25. The molecule has 0 unspecified atom stereocenters. The smallest absolute Gasteiger partial charge is 0.208 e. The first-order valence-electron chi connectivity index (χ1n) is 7.68. The van der Waals surface area contributed by atoms with Crippen LogP contribution in [0, 0.1) is 11.7 Å². The molecular weight excluding hydrogens is 407 g/mol. The Kier molecular flexibility index (Phi) is 5.60. The fraction of sp³-hybridized carbons (Fsp3) is 0.235. The summed E-state index contributed by atoms with van der Waals surface area (Å²) in [6, 6.07) is 7.60. The van der Waals surface area contributed by atoms with Gasteiger partial charge in [-0.1, -0.05) is 13.8 Å². The van der Waals surface area contributed by atoms with E-state index in [0.717, 1.165) is 16.7 Å². The van der Waals surface area contributed by atoms with Crippen molar-refractivity contribution in [3.8, 4) is 11.5 Å². The van der Waals surface area contributed by atoms with Crippen molar-refractivity contribution in [2.24, 2.45) is 5.92 Å². The second-order valence-electron chi connectivity index (χ2n) is 5.79. The number of nitrogens with one attached hydrogen (secondary N) is 1. The summed E-state index contributed by atoms with van der Waals surface area (Å²) >= 11 is 4.66. The first-order valence-corrected chi connectivity index (χ1v) is 9.25. The number of ether oxygens (including phenoxy) is 1. The minimum Gasteiger partial charge on any atom is -0.453 e. The van der Waals surface area contributed by atoms with Crippen molar-refractivity contribution in [1.29, 1.82) is 0 Å². The highest BCUT2D eigenvalue weighted by Gasteiger charge is 2.12. The number of hydrogen-bond acceptors (Lipinski definition) is 6. The summed E-state index contributed by atoms with van der Waals surface area (Å²) in [4.78, 5) is 8.81. The fourth-order valence-corrected chi connectivity index (χ4v) is 2.98. The van der Waals surface area contributed by atoms with Gasteiger partial charge in [-0.2, -0.15) is 4.37 Å². The molecule has 5 nitrogen and oxygen atoms in total. The third-order valence-electron chi connectivity index (χ3n) is 3.15. The molecule has 0 spiro atoms. The first kappa shape index (κ1) is 17.8. The molecule has 0 amide bonds. The summed E-state index contributed by atoms with van der Waals surface area (Å²) in [5.74, 6) is 2.51. The Morgan fingerprint density at radius 2 is 2.04 bits per heavy atom. The molecule has 0 fully saturated rings. The van der Waals surface area contributed by atoms with Gasteiger partial charge < -0.3 is 10.1 Å². The van der Waals surface area contributed by atoms with E-state index in [1.54, 1.807) is 24.4 Å². The summed E-state index contributed by atoms with van der Waals surface area (Å²) in [6.07, 6.45) is 2.49. The van der Waals surface area contributed by atoms with Crippen LogP contribution in [0.2, 0.25) is 0 Å². The molecule has 3 aromatic rings. The van der Waals surface area contributed by atoms with Gasteiger partial charge in [0.2, 0.25) is 5.13 Å². The van der Waals surface area contributed by atoms with Gasteiger partial charge in [0, 0.05) is 34.7 Å². The molecule has 1 N–H and O–H groups in total. The van der Waals surface area contributed by atoms with Gasteiger partial charge in [-0.15, -0.1) is 0 Å². The molecule has 0 saturated carbocycles. The summed E-state index contributed by atoms with van der Waals surface area (Å²) < 4.78 is 24.0. The Labute approximate surface area is 157 Å². The number of nitrogens with zero attached hydrogens (tertiary/aromatic N) is 3. The summed E-state index contributed by atoms with van der Waals surface area (Å²) in [7, 11) is 0. The van der Waals surface area contributed by atoms with Crippen LogP contribution in [0.4, 0.5) is 15.3 Å². The Morgan fingerprint density at radius 3 is 2.76 bits per heavy atom. The van der Waals surface area contributed by atoms with Crippen LogP contribution in [-0.4, -0.2) is 14.3 Å². The van der Waals surface area contributed by atoms with Crippen LogP contribution in [-0.2, 0) is 6.42 Å². The van der Waals surface area contributed by atoms with Crippen LogP contribution in [0.3, 0.4) is 0 Å². The maximum atomic E-state index is 13.0. The van der Waals surface area contributed by atoms with E-state index < -0.39 is 0 Å². The van der Waals surface area contributed by atoms with E-state index >= 15 is 0 Å². The maximum Gasteiger partial charge on any atom is 0.208 e. The lowest BCUT2D eigenvalue weighted by molar-refractivity contribution is 0.480. The zero-order valence-corrected chi connectivity index (χ0v) is 16.1. The molecule has 2 heterocycles. The van der Waals surface area contributed by atoms with E-state index in [9.17, 15) is 4.39 Å². The number of benzene rings is 1. The lowest BCUT2D eigenvalue weighted by atomic mass is 10.1. The highest BCUT2D eigenvalue weighted by atomic mass is 79.9. The molecule has 0 aliphatic carbocycles. The van der Waals surface area contributed by atoms with Crippen LogP contribution in [0.15, 0.2) is 41.0 Å². The molecule has 8 heteroatoms. The average Bonchev–Trinajstić information content (AvgIpc) is 2.98. The van der Waals surface area contributed by atoms with E-state index in [-0.39, 0.29) is 5.82 Å². The monoisotopic (exact) mass is 422 g/mol. The van der Waals surface area contributed by atoms with E-state index in [4.69, 9.17) is 4.74 Å². The maximum absolute atomic E-state index is 13.0. The number of aromatic nitrogens is 3. The van der Waals surface area contributed by atoms with Gasteiger partial charge in [0.25, 0.3) is 0 Å². The van der Waals surface area contributed by atoms with Crippen molar-refractivity contribution in [1.82, 2.24) is 14.3 Å². The van der Waals surface area contributed by atoms with Crippen LogP contribution in [0.1, 0.15) is 19.7 Å². The quantitative estimate of drug-likeness (QED) is 0.562. The zero-order chi connectivity index (χ0) is 17.8. The Bertz CT molecular complexity index is 854. The van der Waals surface area contributed by atoms with Gasteiger partial charge in [0.1, 0.15) is 17.4 Å². The van der Waals surface area contributed by atoms with Crippen molar-refractivity contribution in [2.45, 2.75) is 20.3 Å². The van der Waals surface area contributed by atoms with Crippen LogP contribution < -0.4 is 10.1 Å². The van der Waals surface area contributed by atoms with Gasteiger partial charge in [-0.25, -0.2) is 14.4 Å². The van der Waals surface area contributed by atoms with Crippen molar-refractivity contribution in [3.63, 3.8) is 0 Å². The van der Waals surface area contributed by atoms with Gasteiger partial charge in [-0.3, -0.25) is 0 Å². The first-order chi connectivity index (χ1) is 12.0. The molecule has 0 saturated heterocycles. The summed E-state index contributed by atoms with van der Waals surface area (Å²) in [5, 5.41) is 3.79. The fourth-order valence-electron chi connectivity index (χ4n) is 2.08. The Balaban J connectivity index is 1.81. The Morgan fingerprint density at radius 1 is 1.28 bits per heavy atom. The molecule has 0 aliphatic heterocycles. The Hall–Kier alpha value is -2.06. The van der Waals surface area contributed by atoms with Gasteiger partial charge >= 0.3 is 0 Å². The topological polar surface area (TPSA) is 59.9 Å². The van der Waals surface area contributed by atoms with Crippen LogP contribution in [0.5, 0.6) is 11.5 Å². The highest BCUT2D eigenvalue weighted by Crippen LogP contribution is 2.32. The lowest BCUT2D eigenvalue weighted by Gasteiger charge is -2.11. The van der Waals surface area contributed by atoms with Crippen LogP contribution in [0.25, 0.3) is 0 Å². The molecule has 0 aliphatic rings. The van der Waals surface area contributed by atoms with Crippen molar-refractivity contribution >= 4 is 38.4 Å². The predicted molar refractivity (Wildman–Crippen MR) is 100 cm³/mol. The highest BCUT2D eigenvalue weighted by molar-refractivity contribution is 9.10. The lowest BCUT2D eigenvalue weighted by Crippen LogP contribution is -1.99. The largest absolute Gasteiger partial charge is 0.453 e. The predicted octanol–water partition coefficient (Wildman–Crippen LogP) is 5.57. The van der Waals surface area contributed by atoms with Crippen molar-refractivity contribution in [3.05, 3.63) is 52.6 Å². The molecule has 1 aromatic carbocycles. The third-order valence-corrected chi connectivity index (χ3v) is 4.25. The molecule has 0 bridgehead atoms. The standard InChI is InChI=1S/C17H16BrFN4OS/c1-10(2)7-15-21-17(25-23-15)22-16-14(8-11(18)9-20-16)24-13-5-3-12(19)4-6-13/h3-6,8-10H,7H2,1-2H3,(H,20,21,22,23). The van der Waals surface area contributed by atoms with Gasteiger partial charge in [0.05, 0.1) is 0 Å². The molecule has 25 heavy (non-hydrogen) atoms. The average molecular weight is 423 g/mol. The normalized spacial score (nSPS) is 10.9. The number of halogens is 2. The molecule has 0 atom stereocenters. The minimum absolute atomic E-state index is 0.315. The van der Waals surface area contributed by atoms with Crippen molar-refractivity contribution in [2.75, 3.05) is 5.32 Å². The third kappa shape index (κ3) is 4.96. The molecular formula is C17H16BrFN4OS. The second kappa shape index (κ2) is 7.88. The van der Waals surface area contributed by atoms with E-state index in [0.29, 0.717) is 28.4 Å². The van der Waals surface area contributed by atoms with Crippen LogP contribution >= 0.6 is 27.5 Å². The van der Waals surface area contributed by atoms with Gasteiger partial charge in [-0.05, 0) is 46.1 Å². The number of rotatable bonds is 6. The van der Waals surface area contributed by atoms with E-state index in [1.807, 2.05) is 0 Å². The zero-order valence-electron chi connectivity index (χ0n) is 13.7. The summed E-state index contributed by atoms with van der Waals surface area (Å²) in [5.41, 5.74) is 0. The molecule has 0 radical (unpaired) electrons. The SMILES string of the molecule is CC(C)Cc1nsc(Nc2ncc(Br)cc2Oc2ccc(F)cc2)n1. The number of hydrogen-bond donors (Lipinski definition) is 1. The second-order valence-corrected chi connectivity index (χ2v) is 7.46. The van der Waals surface area contributed by atoms with E-state index in [2.05, 4.69) is 49.4 Å². The minimum atomic E-state index is -0.315. The molecule has 3 rings (SSSR count).